The second-order valence-electron chi connectivity index (χ2n) is 4.34. The van der Waals surface area contributed by atoms with E-state index in [2.05, 4.69) is 4.72 Å². The predicted octanol–water partition coefficient (Wildman–Crippen LogP) is 2.86. The van der Waals surface area contributed by atoms with Gasteiger partial charge in [0.15, 0.2) is 0 Å². The Bertz CT molecular complexity index is 762. The van der Waals surface area contributed by atoms with Crippen molar-refractivity contribution < 1.29 is 18.3 Å². The van der Waals surface area contributed by atoms with Gasteiger partial charge in [-0.2, -0.15) is 0 Å². The number of thiophene rings is 1. The molecule has 2 aromatic rings. The summed E-state index contributed by atoms with van der Waals surface area (Å²) in [4.78, 5) is 11.1. The van der Waals surface area contributed by atoms with Crippen molar-refractivity contribution in [1.29, 1.82) is 0 Å². The molecule has 1 aromatic carbocycles. The molecule has 2 N–H and O–H groups in total. The van der Waals surface area contributed by atoms with E-state index in [-0.39, 0.29) is 15.5 Å². The third-order valence-electron chi connectivity index (χ3n) is 2.72. The molecular formula is C13H13NO4S2. The van der Waals surface area contributed by atoms with Gasteiger partial charge in [0.25, 0.3) is 10.0 Å². The quantitative estimate of drug-likeness (QED) is 0.909. The first-order chi connectivity index (χ1) is 9.31. The number of nitrogens with one attached hydrogen (secondary N) is 1. The number of sulfonamides is 1. The number of aryl methyl sites for hydroxylation is 2. The van der Waals surface area contributed by atoms with Crippen LogP contribution >= 0.6 is 11.3 Å². The molecule has 20 heavy (non-hydrogen) atoms. The molecule has 0 fully saturated rings. The van der Waals surface area contributed by atoms with E-state index in [4.69, 9.17) is 5.11 Å². The molecule has 0 amide bonds. The summed E-state index contributed by atoms with van der Waals surface area (Å²) in [5.41, 5.74) is 1.66. The third kappa shape index (κ3) is 2.83. The maximum atomic E-state index is 12.3. The number of benzene rings is 1. The Labute approximate surface area is 120 Å². The van der Waals surface area contributed by atoms with Gasteiger partial charge in [0.2, 0.25) is 0 Å². The van der Waals surface area contributed by atoms with Gasteiger partial charge in [-0.05, 0) is 36.9 Å². The van der Waals surface area contributed by atoms with Crippen LogP contribution in [0, 0.1) is 13.8 Å². The van der Waals surface area contributed by atoms with E-state index in [1.54, 1.807) is 19.1 Å². The van der Waals surface area contributed by atoms with Crippen molar-refractivity contribution in [2.24, 2.45) is 0 Å². The van der Waals surface area contributed by atoms with Crippen molar-refractivity contribution in [3.05, 3.63) is 45.6 Å². The standard InChI is InChI=1S/C13H13NO4S2/c1-8-3-4-11(9(2)7-8)20(17,18)14-10-5-6-19-12(10)13(15)16/h3-7,14H,1-2H3,(H,15,16). The lowest BCUT2D eigenvalue weighted by Crippen LogP contribution is -2.15. The molecule has 7 heteroatoms. The Morgan fingerprint density at radius 2 is 1.95 bits per heavy atom. The topological polar surface area (TPSA) is 83.5 Å². The van der Waals surface area contributed by atoms with Crippen LogP contribution < -0.4 is 4.72 Å². The van der Waals surface area contributed by atoms with Crippen LogP contribution in [-0.2, 0) is 10.0 Å². The van der Waals surface area contributed by atoms with Gasteiger partial charge in [0.05, 0.1) is 10.6 Å². The number of hydrogen-bond donors (Lipinski definition) is 2. The van der Waals surface area contributed by atoms with Gasteiger partial charge < -0.3 is 5.11 Å². The van der Waals surface area contributed by atoms with Gasteiger partial charge in [-0.3, -0.25) is 4.72 Å². The van der Waals surface area contributed by atoms with Crippen molar-refractivity contribution in [2.45, 2.75) is 18.7 Å². The van der Waals surface area contributed by atoms with Crippen LogP contribution in [0.3, 0.4) is 0 Å². The highest BCUT2D eigenvalue weighted by Gasteiger charge is 2.21. The van der Waals surface area contributed by atoms with Crippen LogP contribution in [-0.4, -0.2) is 19.5 Å². The second kappa shape index (κ2) is 5.26. The minimum Gasteiger partial charge on any atom is -0.477 e. The lowest BCUT2D eigenvalue weighted by Gasteiger charge is -2.10. The molecule has 0 radical (unpaired) electrons. The fraction of sp³-hybridized carbons (Fsp3) is 0.154. The summed E-state index contributed by atoms with van der Waals surface area (Å²) in [5.74, 6) is -1.15. The fourth-order valence-corrected chi connectivity index (χ4v) is 3.91. The number of hydrogen-bond acceptors (Lipinski definition) is 4. The van der Waals surface area contributed by atoms with Crippen LogP contribution in [0.5, 0.6) is 0 Å². The Morgan fingerprint density at radius 1 is 1.25 bits per heavy atom. The van der Waals surface area contributed by atoms with Crippen molar-refractivity contribution in [2.75, 3.05) is 4.72 Å². The first kappa shape index (κ1) is 14.5. The molecule has 0 spiro atoms. The summed E-state index contributed by atoms with van der Waals surface area (Å²) in [5, 5.41) is 10.5. The predicted molar refractivity (Wildman–Crippen MR) is 78.0 cm³/mol. The van der Waals surface area contributed by atoms with Crippen LogP contribution in [0.1, 0.15) is 20.8 Å². The van der Waals surface area contributed by atoms with Crippen LogP contribution in [0.25, 0.3) is 0 Å². The number of rotatable bonds is 4. The van der Waals surface area contributed by atoms with Crippen molar-refractivity contribution in [3.63, 3.8) is 0 Å². The average Bonchev–Trinajstić information content (AvgIpc) is 2.75. The second-order valence-corrected chi connectivity index (χ2v) is 6.91. The first-order valence-corrected chi connectivity index (χ1v) is 8.08. The average molecular weight is 311 g/mol. The summed E-state index contributed by atoms with van der Waals surface area (Å²) < 4.78 is 26.9. The van der Waals surface area contributed by atoms with Gasteiger partial charge in [0.1, 0.15) is 4.88 Å². The highest BCUT2D eigenvalue weighted by molar-refractivity contribution is 7.92. The maximum Gasteiger partial charge on any atom is 0.348 e. The Kier molecular flexibility index (Phi) is 3.82. The van der Waals surface area contributed by atoms with E-state index in [9.17, 15) is 13.2 Å². The Morgan fingerprint density at radius 3 is 2.55 bits per heavy atom. The highest BCUT2D eigenvalue weighted by atomic mass is 32.2. The van der Waals surface area contributed by atoms with Crippen molar-refractivity contribution in [3.8, 4) is 0 Å². The number of carboxylic acid groups (broad SMARTS) is 1. The maximum absolute atomic E-state index is 12.3. The molecule has 0 saturated heterocycles. The van der Waals surface area contributed by atoms with E-state index in [0.717, 1.165) is 16.9 Å². The zero-order valence-electron chi connectivity index (χ0n) is 10.9. The summed E-state index contributed by atoms with van der Waals surface area (Å²) in [6.45, 7) is 3.57. The largest absolute Gasteiger partial charge is 0.477 e. The molecule has 0 unspecified atom stereocenters. The third-order valence-corrected chi connectivity index (χ3v) is 5.15. The molecule has 106 valence electrons. The monoisotopic (exact) mass is 311 g/mol. The van der Waals surface area contributed by atoms with E-state index in [1.807, 2.05) is 6.92 Å². The smallest absolute Gasteiger partial charge is 0.348 e. The molecule has 5 nitrogen and oxygen atoms in total. The van der Waals surface area contributed by atoms with Crippen LogP contribution in [0.15, 0.2) is 34.5 Å². The van der Waals surface area contributed by atoms with Gasteiger partial charge in [-0.25, -0.2) is 13.2 Å². The molecule has 1 aromatic heterocycles. The number of aromatic carboxylic acids is 1. The summed E-state index contributed by atoms with van der Waals surface area (Å²) in [6.07, 6.45) is 0. The lowest BCUT2D eigenvalue weighted by atomic mass is 10.2. The molecular weight excluding hydrogens is 298 g/mol. The van der Waals surface area contributed by atoms with E-state index in [1.165, 1.54) is 17.5 Å². The zero-order valence-corrected chi connectivity index (χ0v) is 12.5. The zero-order chi connectivity index (χ0) is 14.9. The van der Waals surface area contributed by atoms with Crippen LogP contribution in [0.2, 0.25) is 0 Å². The highest BCUT2D eigenvalue weighted by Crippen LogP contribution is 2.26. The van der Waals surface area contributed by atoms with E-state index >= 15 is 0 Å². The van der Waals surface area contributed by atoms with Crippen molar-refractivity contribution in [1.82, 2.24) is 0 Å². The molecule has 0 aliphatic heterocycles. The van der Waals surface area contributed by atoms with Crippen molar-refractivity contribution >= 4 is 33.0 Å². The van der Waals surface area contributed by atoms with E-state index in [0.29, 0.717) is 5.56 Å². The SMILES string of the molecule is Cc1ccc(S(=O)(=O)Nc2ccsc2C(=O)O)c(C)c1. The molecule has 0 saturated carbocycles. The molecule has 1 heterocycles. The first-order valence-electron chi connectivity index (χ1n) is 5.72. The summed E-state index contributed by atoms with van der Waals surface area (Å²) in [6, 6.07) is 6.42. The van der Waals surface area contributed by atoms with Gasteiger partial charge in [-0.15, -0.1) is 11.3 Å². The van der Waals surface area contributed by atoms with Gasteiger partial charge in [-0.1, -0.05) is 17.7 Å². The minimum atomic E-state index is -3.79. The van der Waals surface area contributed by atoms with Crippen LogP contribution in [0.4, 0.5) is 5.69 Å². The van der Waals surface area contributed by atoms with Gasteiger partial charge >= 0.3 is 5.97 Å². The molecule has 0 atom stereocenters. The number of anilines is 1. The molecule has 0 bridgehead atoms. The Hall–Kier alpha value is -1.86. The summed E-state index contributed by atoms with van der Waals surface area (Å²) in [7, 11) is -3.79. The van der Waals surface area contributed by atoms with E-state index < -0.39 is 16.0 Å². The molecule has 0 aliphatic carbocycles. The normalized spacial score (nSPS) is 11.3. The Balaban J connectivity index is 2.41. The van der Waals surface area contributed by atoms with Gasteiger partial charge in [0, 0.05) is 0 Å². The number of carbonyl (C=O) groups is 1. The fourth-order valence-electron chi connectivity index (χ4n) is 1.86. The lowest BCUT2D eigenvalue weighted by molar-refractivity contribution is 0.0703. The minimum absolute atomic E-state index is 0.0293. The molecule has 2 rings (SSSR count). The number of carboxylic acids is 1. The summed E-state index contributed by atoms with van der Waals surface area (Å²) >= 11 is 0.974. The molecule has 0 aliphatic rings.